The number of unbranched alkanes of at least 4 members (excludes halogenated alkanes) is 1. The summed E-state index contributed by atoms with van der Waals surface area (Å²) in [5.74, 6) is 1.99. The molecule has 1 saturated carbocycles. The SMILES string of the molecule is CCCCC1CCC(C(O)c2cc3ccccc3o2)CC1. The smallest absolute Gasteiger partial charge is 0.134 e. The van der Waals surface area contributed by atoms with E-state index in [1.807, 2.05) is 30.3 Å². The quantitative estimate of drug-likeness (QED) is 0.791. The molecular formula is C19H26O2. The van der Waals surface area contributed by atoms with Gasteiger partial charge in [0.1, 0.15) is 17.4 Å². The van der Waals surface area contributed by atoms with Crippen LogP contribution in [0.4, 0.5) is 0 Å². The Bertz CT molecular complexity index is 531. The first kappa shape index (κ1) is 14.6. The second-order valence-electron chi connectivity index (χ2n) is 6.55. The lowest BCUT2D eigenvalue weighted by Crippen LogP contribution is -2.20. The summed E-state index contributed by atoms with van der Waals surface area (Å²) < 4.78 is 5.82. The van der Waals surface area contributed by atoms with Gasteiger partial charge in [-0.2, -0.15) is 0 Å². The van der Waals surface area contributed by atoms with Gasteiger partial charge in [0.15, 0.2) is 0 Å². The van der Waals surface area contributed by atoms with Gasteiger partial charge in [-0.25, -0.2) is 0 Å². The van der Waals surface area contributed by atoms with Crippen LogP contribution in [0.1, 0.15) is 63.7 Å². The van der Waals surface area contributed by atoms with Gasteiger partial charge in [0.05, 0.1) is 0 Å². The van der Waals surface area contributed by atoms with Crippen LogP contribution in [0.2, 0.25) is 0 Å². The maximum atomic E-state index is 10.6. The number of hydrogen-bond acceptors (Lipinski definition) is 2. The summed E-state index contributed by atoms with van der Waals surface area (Å²) in [5, 5.41) is 11.7. The molecule has 1 unspecified atom stereocenters. The first-order valence-corrected chi connectivity index (χ1v) is 8.44. The molecule has 3 rings (SSSR count). The summed E-state index contributed by atoms with van der Waals surface area (Å²) in [6, 6.07) is 9.99. The lowest BCUT2D eigenvalue weighted by Gasteiger charge is -2.30. The molecule has 0 saturated heterocycles. The Labute approximate surface area is 127 Å². The van der Waals surface area contributed by atoms with Gasteiger partial charge in [-0.15, -0.1) is 0 Å². The molecule has 21 heavy (non-hydrogen) atoms. The Hall–Kier alpha value is -1.28. The zero-order valence-electron chi connectivity index (χ0n) is 12.9. The number of fused-ring (bicyclic) bond motifs is 1. The minimum Gasteiger partial charge on any atom is -0.458 e. The molecule has 2 aromatic rings. The maximum Gasteiger partial charge on any atom is 0.134 e. The second-order valence-corrected chi connectivity index (χ2v) is 6.55. The fourth-order valence-electron chi connectivity index (χ4n) is 3.67. The molecule has 2 nitrogen and oxygen atoms in total. The molecule has 1 aliphatic carbocycles. The van der Waals surface area contributed by atoms with Gasteiger partial charge >= 0.3 is 0 Å². The van der Waals surface area contributed by atoms with Gasteiger partial charge in [-0.1, -0.05) is 57.2 Å². The predicted octanol–water partition coefficient (Wildman–Crippen LogP) is 5.46. The number of aliphatic hydroxyl groups is 1. The molecule has 114 valence electrons. The number of furan rings is 1. The van der Waals surface area contributed by atoms with Crippen molar-refractivity contribution in [1.82, 2.24) is 0 Å². The van der Waals surface area contributed by atoms with E-state index >= 15 is 0 Å². The highest BCUT2D eigenvalue weighted by atomic mass is 16.4. The van der Waals surface area contributed by atoms with Crippen LogP contribution in [0.25, 0.3) is 11.0 Å². The molecule has 1 N–H and O–H groups in total. The van der Waals surface area contributed by atoms with Crippen molar-refractivity contribution in [1.29, 1.82) is 0 Å². The van der Waals surface area contributed by atoms with E-state index in [0.29, 0.717) is 5.92 Å². The van der Waals surface area contributed by atoms with E-state index in [4.69, 9.17) is 4.42 Å². The summed E-state index contributed by atoms with van der Waals surface area (Å²) in [5.41, 5.74) is 0.878. The van der Waals surface area contributed by atoms with Crippen molar-refractivity contribution >= 4 is 11.0 Å². The number of para-hydroxylation sites is 1. The van der Waals surface area contributed by atoms with Gasteiger partial charge in [-0.05, 0) is 36.8 Å². The van der Waals surface area contributed by atoms with Gasteiger partial charge in [-0.3, -0.25) is 0 Å². The minimum absolute atomic E-state index is 0.364. The third kappa shape index (κ3) is 3.32. The normalized spacial score (nSPS) is 24.3. The van der Waals surface area contributed by atoms with Gasteiger partial charge < -0.3 is 9.52 Å². The largest absolute Gasteiger partial charge is 0.458 e. The molecular weight excluding hydrogens is 260 g/mol. The van der Waals surface area contributed by atoms with Crippen LogP contribution in [0.3, 0.4) is 0 Å². The summed E-state index contributed by atoms with van der Waals surface area (Å²) in [6.07, 6.45) is 8.36. The topological polar surface area (TPSA) is 33.4 Å². The van der Waals surface area contributed by atoms with Crippen molar-refractivity contribution in [3.63, 3.8) is 0 Å². The Kier molecular flexibility index (Phi) is 4.64. The van der Waals surface area contributed by atoms with Gasteiger partial charge in [0.25, 0.3) is 0 Å². The fourth-order valence-corrected chi connectivity index (χ4v) is 3.67. The monoisotopic (exact) mass is 286 g/mol. The lowest BCUT2D eigenvalue weighted by atomic mass is 9.77. The zero-order valence-corrected chi connectivity index (χ0v) is 12.9. The predicted molar refractivity (Wildman–Crippen MR) is 86.1 cm³/mol. The molecule has 0 spiro atoms. The van der Waals surface area contributed by atoms with E-state index in [9.17, 15) is 5.11 Å². The van der Waals surface area contributed by atoms with Crippen molar-refractivity contribution in [2.24, 2.45) is 11.8 Å². The summed E-state index contributed by atoms with van der Waals surface area (Å²) in [6.45, 7) is 2.26. The standard InChI is InChI=1S/C19H26O2/c1-2-3-6-14-9-11-15(12-10-14)19(20)18-13-16-7-4-5-8-17(16)21-18/h4-5,7-8,13-15,19-20H,2-3,6,9-12H2,1H3. The number of aliphatic hydroxyl groups excluding tert-OH is 1. The van der Waals surface area contributed by atoms with Crippen LogP contribution < -0.4 is 0 Å². The molecule has 1 fully saturated rings. The van der Waals surface area contributed by atoms with Crippen molar-refractivity contribution in [2.45, 2.75) is 58.0 Å². The molecule has 1 aliphatic rings. The number of rotatable bonds is 5. The van der Waals surface area contributed by atoms with E-state index in [0.717, 1.165) is 35.5 Å². The Morgan fingerprint density at radius 1 is 1.19 bits per heavy atom. The Morgan fingerprint density at radius 2 is 1.95 bits per heavy atom. The highest BCUT2D eigenvalue weighted by Crippen LogP contribution is 2.39. The average Bonchev–Trinajstić information content (AvgIpc) is 2.96. The highest BCUT2D eigenvalue weighted by Gasteiger charge is 2.29. The highest BCUT2D eigenvalue weighted by molar-refractivity contribution is 5.77. The molecule has 1 aromatic heterocycles. The number of benzene rings is 1. The van der Waals surface area contributed by atoms with Crippen molar-refractivity contribution in [3.05, 3.63) is 36.1 Å². The van der Waals surface area contributed by atoms with Crippen molar-refractivity contribution in [3.8, 4) is 0 Å². The third-order valence-electron chi connectivity index (χ3n) is 5.04. The molecule has 1 heterocycles. The molecule has 2 heteroatoms. The summed E-state index contributed by atoms with van der Waals surface area (Å²) in [4.78, 5) is 0. The van der Waals surface area contributed by atoms with E-state index < -0.39 is 6.10 Å². The van der Waals surface area contributed by atoms with Gasteiger partial charge in [0, 0.05) is 5.39 Å². The van der Waals surface area contributed by atoms with Crippen LogP contribution >= 0.6 is 0 Å². The molecule has 0 amide bonds. The van der Waals surface area contributed by atoms with E-state index in [2.05, 4.69) is 6.92 Å². The van der Waals surface area contributed by atoms with Crippen LogP contribution in [0.15, 0.2) is 34.7 Å². The molecule has 1 aromatic carbocycles. The molecule has 0 aliphatic heterocycles. The first-order chi connectivity index (χ1) is 10.3. The molecule has 0 radical (unpaired) electrons. The van der Waals surface area contributed by atoms with Crippen LogP contribution in [0, 0.1) is 11.8 Å². The molecule has 1 atom stereocenters. The Balaban J connectivity index is 1.62. The lowest BCUT2D eigenvalue weighted by molar-refractivity contribution is 0.0559. The van der Waals surface area contributed by atoms with Crippen molar-refractivity contribution in [2.75, 3.05) is 0 Å². The van der Waals surface area contributed by atoms with E-state index in [1.165, 1.54) is 32.1 Å². The van der Waals surface area contributed by atoms with Gasteiger partial charge in [0.2, 0.25) is 0 Å². The van der Waals surface area contributed by atoms with Crippen LogP contribution in [0.5, 0.6) is 0 Å². The average molecular weight is 286 g/mol. The summed E-state index contributed by atoms with van der Waals surface area (Å²) >= 11 is 0. The van der Waals surface area contributed by atoms with Crippen molar-refractivity contribution < 1.29 is 9.52 Å². The van der Waals surface area contributed by atoms with E-state index in [1.54, 1.807) is 0 Å². The Morgan fingerprint density at radius 3 is 2.67 bits per heavy atom. The summed E-state index contributed by atoms with van der Waals surface area (Å²) in [7, 11) is 0. The fraction of sp³-hybridized carbons (Fsp3) is 0.579. The van der Waals surface area contributed by atoms with E-state index in [-0.39, 0.29) is 0 Å². The zero-order chi connectivity index (χ0) is 14.7. The third-order valence-corrected chi connectivity index (χ3v) is 5.04. The minimum atomic E-state index is -0.440. The second kappa shape index (κ2) is 6.65. The van der Waals surface area contributed by atoms with Crippen LogP contribution in [-0.4, -0.2) is 5.11 Å². The van der Waals surface area contributed by atoms with Crippen LogP contribution in [-0.2, 0) is 0 Å². The molecule has 0 bridgehead atoms. The maximum absolute atomic E-state index is 10.6. The first-order valence-electron chi connectivity index (χ1n) is 8.44. The number of hydrogen-bond donors (Lipinski definition) is 1.